The van der Waals surface area contributed by atoms with Crippen molar-refractivity contribution in [2.75, 3.05) is 0 Å². The van der Waals surface area contributed by atoms with E-state index in [4.69, 9.17) is 44.9 Å². The number of benzene rings is 19. The zero-order chi connectivity index (χ0) is 92.7. The van der Waals surface area contributed by atoms with Gasteiger partial charge in [-0.25, -0.2) is 44.9 Å². The lowest BCUT2D eigenvalue weighted by Gasteiger charge is -2.34. The Kier molecular flexibility index (Phi) is 19.5. The lowest BCUT2D eigenvalue weighted by atomic mass is 9.67. The summed E-state index contributed by atoms with van der Waals surface area (Å²) in [6.45, 7) is 4.60. The summed E-state index contributed by atoms with van der Waals surface area (Å²) in [4.78, 5) is 45.9. The molecule has 0 saturated heterocycles. The van der Waals surface area contributed by atoms with Gasteiger partial charge in [0.05, 0.1) is 10.8 Å². The summed E-state index contributed by atoms with van der Waals surface area (Å²) in [6, 6.07) is 162. The van der Waals surface area contributed by atoms with Crippen LogP contribution >= 0.6 is 34.0 Å². The van der Waals surface area contributed by atoms with E-state index >= 15 is 0 Å². The predicted molar refractivity (Wildman–Crippen MR) is 578 cm³/mol. The van der Waals surface area contributed by atoms with E-state index in [0.29, 0.717) is 52.4 Å². The van der Waals surface area contributed by atoms with Gasteiger partial charge >= 0.3 is 0 Å². The van der Waals surface area contributed by atoms with Gasteiger partial charge in [0.15, 0.2) is 52.4 Å². The van der Waals surface area contributed by atoms with Crippen molar-refractivity contribution in [3.63, 3.8) is 0 Å². The van der Waals surface area contributed by atoms with Gasteiger partial charge in [0.25, 0.3) is 0 Å². The summed E-state index contributed by atoms with van der Waals surface area (Å²) in [5.41, 5.74) is 30.8. The standard InChI is InChI=1S/C46H27N3S.C46H29N3S.C36H25N3S/c1-2-12-28(13-3-1)43-47-44(49-45(48-43)30-23-25-36-35-17-7-11-21-41(35)50-42(36)27-30)29-22-24-34-33-16-6-10-20-39(33)46(40(34)26-29)37-18-8-4-14-31(37)32-15-5-9-19-38(32)46;1-4-14-30(15-5-1)43-47-44(49-45(48-43)32-25-27-38-37-21-11-13-23-41(37)50-42(38)29-32)31-24-26-36-35-20-10-12-22-39(35)46(40(36)28-31,33-16-6-2-7-17-33)34-18-8-3-9-19-34;1-36(2)29-14-8-6-12-25(29)26-18-16-23(20-30(26)36)34-37-33(22-10-4-3-5-11-22)38-35(39-34)24-17-19-28-27-13-7-9-15-31(27)40-32(28)21-24/h1-27H;1-29H;3-21H,1-2H3. The molecule has 0 aliphatic heterocycles. The molecular formula is C128H81N9S3. The van der Waals surface area contributed by atoms with Crippen molar-refractivity contribution in [2.45, 2.75) is 30.1 Å². The Morgan fingerprint density at radius 2 is 0.364 bits per heavy atom. The third-order valence-electron chi connectivity index (χ3n) is 28.7. The first-order chi connectivity index (χ1) is 69.1. The first kappa shape index (κ1) is 82.3. The molecule has 4 aliphatic rings. The fourth-order valence-electron chi connectivity index (χ4n) is 22.3. The van der Waals surface area contributed by atoms with Crippen LogP contribution in [0.15, 0.2) is 455 Å². The van der Waals surface area contributed by atoms with E-state index in [-0.39, 0.29) is 5.41 Å². The second-order valence-corrected chi connectivity index (χ2v) is 40.1. The van der Waals surface area contributed by atoms with Gasteiger partial charge in [-0.3, -0.25) is 0 Å². The topological polar surface area (TPSA) is 116 Å². The van der Waals surface area contributed by atoms with Crippen LogP contribution in [0.5, 0.6) is 0 Å². The first-order valence-corrected chi connectivity index (χ1v) is 49.8. The maximum Gasteiger partial charge on any atom is 0.164 e. The molecule has 0 N–H and O–H groups in total. The molecule has 656 valence electrons. The molecule has 0 unspecified atom stereocenters. The molecule has 12 heteroatoms. The largest absolute Gasteiger partial charge is 0.208 e. The molecule has 25 aromatic rings. The van der Waals surface area contributed by atoms with E-state index in [9.17, 15) is 0 Å². The molecule has 6 heterocycles. The number of rotatable bonds is 11. The third kappa shape index (κ3) is 13.3. The molecule has 4 aliphatic carbocycles. The van der Waals surface area contributed by atoms with Crippen molar-refractivity contribution < 1.29 is 0 Å². The third-order valence-corrected chi connectivity index (χ3v) is 32.1. The van der Waals surface area contributed by atoms with Crippen molar-refractivity contribution in [3.8, 4) is 147 Å². The Morgan fingerprint density at radius 3 is 0.693 bits per heavy atom. The summed E-state index contributed by atoms with van der Waals surface area (Å²) in [5, 5.41) is 7.62. The number of fused-ring (bicyclic) bond motifs is 25. The maximum atomic E-state index is 5.22. The summed E-state index contributed by atoms with van der Waals surface area (Å²) < 4.78 is 7.53. The SMILES string of the molecule is CC1(C)c2ccccc2-c2ccc(-c3nc(-c4ccccc4)nc(-c4ccc5c(c4)sc4ccccc45)n3)cc21.c1ccc(-c2nc(-c3ccc4c(c3)C(c3ccccc3)(c3ccccc3)c3ccccc3-4)nc(-c3ccc4c(c3)sc3ccccc34)n2)cc1.c1ccc(-c2nc(-c3ccc4c(c3)C3(c5ccccc5-c5ccccc53)c3ccccc3-4)nc(-c3ccc4c(c3)sc3ccccc34)n2)cc1. The van der Waals surface area contributed by atoms with E-state index in [1.807, 2.05) is 77.3 Å². The van der Waals surface area contributed by atoms with E-state index in [1.165, 1.54) is 161 Å². The van der Waals surface area contributed by atoms with Gasteiger partial charge in [-0.1, -0.05) is 414 Å². The number of aromatic nitrogens is 9. The normalized spacial score (nSPS) is 13.2. The molecular weight excluding hydrogens is 1760 g/mol. The molecule has 0 atom stereocenters. The van der Waals surface area contributed by atoms with E-state index in [1.54, 1.807) is 11.3 Å². The van der Waals surface area contributed by atoms with Crippen molar-refractivity contribution >= 4 is 94.5 Å². The highest BCUT2D eigenvalue weighted by Crippen LogP contribution is 2.64. The van der Waals surface area contributed by atoms with Crippen LogP contribution in [0.1, 0.15) is 69.5 Å². The molecule has 29 rings (SSSR count). The van der Waals surface area contributed by atoms with Crippen LogP contribution in [-0.4, -0.2) is 44.9 Å². The van der Waals surface area contributed by atoms with Crippen LogP contribution in [0.2, 0.25) is 0 Å². The zero-order valence-electron chi connectivity index (χ0n) is 76.1. The summed E-state index contributed by atoms with van der Waals surface area (Å²) in [5.74, 6) is 6.02. The monoisotopic (exact) mass is 1840 g/mol. The first-order valence-electron chi connectivity index (χ1n) is 47.4. The minimum Gasteiger partial charge on any atom is -0.208 e. The van der Waals surface area contributed by atoms with Crippen molar-refractivity contribution in [1.82, 2.24) is 44.9 Å². The van der Waals surface area contributed by atoms with Crippen LogP contribution in [-0.2, 0) is 16.2 Å². The maximum absolute atomic E-state index is 5.22. The van der Waals surface area contributed by atoms with Crippen molar-refractivity contribution in [2.24, 2.45) is 0 Å². The Balaban J connectivity index is 0.000000106. The Hall–Kier alpha value is -17.1. The van der Waals surface area contributed by atoms with Crippen molar-refractivity contribution in [1.29, 1.82) is 0 Å². The summed E-state index contributed by atoms with van der Waals surface area (Å²) in [6.07, 6.45) is 0. The molecule has 6 aromatic heterocycles. The Morgan fingerprint density at radius 1 is 0.150 bits per heavy atom. The van der Waals surface area contributed by atoms with Gasteiger partial charge < -0.3 is 0 Å². The van der Waals surface area contributed by atoms with Crippen molar-refractivity contribution in [3.05, 3.63) is 511 Å². The summed E-state index contributed by atoms with van der Waals surface area (Å²) >= 11 is 5.42. The van der Waals surface area contributed by atoms with Crippen LogP contribution in [0.25, 0.3) is 208 Å². The van der Waals surface area contributed by atoms with Gasteiger partial charge in [-0.15, -0.1) is 34.0 Å². The van der Waals surface area contributed by atoms with E-state index < -0.39 is 10.8 Å². The lowest BCUT2D eigenvalue weighted by molar-refractivity contribution is 0.660. The minimum absolute atomic E-state index is 0.0910. The Bertz CT molecular complexity index is 8910. The Labute approximate surface area is 820 Å². The van der Waals surface area contributed by atoms with E-state index in [0.717, 1.165) is 50.1 Å². The highest BCUT2D eigenvalue weighted by Gasteiger charge is 2.52. The smallest absolute Gasteiger partial charge is 0.164 e. The number of nitrogens with zero attached hydrogens (tertiary/aromatic N) is 9. The van der Waals surface area contributed by atoms with Gasteiger partial charge in [0, 0.05) is 116 Å². The predicted octanol–water partition coefficient (Wildman–Crippen LogP) is 32.7. The highest BCUT2D eigenvalue weighted by atomic mass is 32.1. The van der Waals surface area contributed by atoms with Crippen LogP contribution < -0.4 is 0 Å². The molecule has 140 heavy (non-hydrogen) atoms. The number of hydrogen-bond donors (Lipinski definition) is 0. The minimum atomic E-state index is -0.505. The van der Waals surface area contributed by atoms with Crippen LogP contribution in [0, 0.1) is 0 Å². The lowest BCUT2D eigenvalue weighted by Crippen LogP contribution is -2.28. The molecule has 1 spiro atoms. The molecule has 9 nitrogen and oxygen atoms in total. The van der Waals surface area contributed by atoms with Gasteiger partial charge in [0.2, 0.25) is 0 Å². The molecule has 0 saturated carbocycles. The van der Waals surface area contributed by atoms with Gasteiger partial charge in [-0.2, -0.15) is 0 Å². The fourth-order valence-corrected chi connectivity index (χ4v) is 25.7. The zero-order valence-corrected chi connectivity index (χ0v) is 78.5. The quantitative estimate of drug-likeness (QED) is 0.125. The van der Waals surface area contributed by atoms with Crippen LogP contribution in [0.3, 0.4) is 0 Å². The number of hydrogen-bond acceptors (Lipinski definition) is 12. The van der Waals surface area contributed by atoms with Gasteiger partial charge in [0.1, 0.15) is 0 Å². The highest BCUT2D eigenvalue weighted by molar-refractivity contribution is 7.26. The van der Waals surface area contributed by atoms with Gasteiger partial charge in [-0.05, 0) is 155 Å². The average molecular weight is 1840 g/mol. The molecule has 0 fully saturated rings. The van der Waals surface area contributed by atoms with Crippen LogP contribution in [0.4, 0.5) is 0 Å². The molecule has 0 bridgehead atoms. The second-order valence-electron chi connectivity index (χ2n) is 36.8. The molecule has 0 amide bonds. The number of thiophene rings is 3. The van der Waals surface area contributed by atoms with E-state index in [2.05, 4.69) is 414 Å². The second kappa shape index (κ2) is 33.1. The molecule has 19 aromatic carbocycles. The molecule has 0 radical (unpaired) electrons. The summed E-state index contributed by atoms with van der Waals surface area (Å²) in [7, 11) is 0. The fraction of sp³-hybridized carbons (Fsp3) is 0.0391. The average Bonchev–Trinajstić information content (AvgIpc) is 1.50.